The molecule has 2 rings (SSSR count). The number of fused-ring (bicyclic) bond motifs is 1. The van der Waals surface area contributed by atoms with Gasteiger partial charge in [-0.15, -0.1) is 0 Å². The van der Waals surface area contributed by atoms with E-state index in [1.54, 1.807) is 0 Å². The third-order valence-corrected chi connectivity index (χ3v) is 3.46. The maximum absolute atomic E-state index is 5.48. The van der Waals surface area contributed by atoms with Gasteiger partial charge in [-0.1, -0.05) is 6.92 Å². The van der Waals surface area contributed by atoms with Gasteiger partial charge in [-0.2, -0.15) is 0 Å². The van der Waals surface area contributed by atoms with Gasteiger partial charge in [0, 0.05) is 37.3 Å². The lowest BCUT2D eigenvalue weighted by Crippen LogP contribution is -2.32. The molecule has 1 aromatic rings. The molecule has 1 aromatic heterocycles. The zero-order valence-corrected chi connectivity index (χ0v) is 11.4. The molecule has 3 N–H and O–H groups in total. The minimum Gasteiger partial charge on any atom is -0.354 e. The van der Waals surface area contributed by atoms with E-state index in [9.17, 15) is 0 Å². The van der Waals surface area contributed by atoms with Crippen LogP contribution in [-0.4, -0.2) is 41.0 Å². The molecular formula is C13H23N5. The maximum Gasteiger partial charge on any atom is 0.223 e. The SMILES string of the molecule is CCN1CCc2nc(NCCCN)nc(C)c2C1. The van der Waals surface area contributed by atoms with E-state index in [-0.39, 0.29) is 0 Å². The Hall–Kier alpha value is -1.20. The highest BCUT2D eigenvalue weighted by Gasteiger charge is 2.19. The van der Waals surface area contributed by atoms with Crippen molar-refractivity contribution in [3.05, 3.63) is 17.0 Å². The molecule has 0 radical (unpaired) electrons. The first-order valence-electron chi connectivity index (χ1n) is 6.77. The third kappa shape index (κ3) is 2.97. The van der Waals surface area contributed by atoms with Gasteiger partial charge in [0.1, 0.15) is 0 Å². The Morgan fingerprint density at radius 3 is 2.94 bits per heavy atom. The van der Waals surface area contributed by atoms with Gasteiger partial charge in [-0.3, -0.25) is 4.90 Å². The number of likely N-dealkylation sites (N-methyl/N-ethyl adjacent to an activating group) is 1. The van der Waals surface area contributed by atoms with Gasteiger partial charge < -0.3 is 11.1 Å². The highest BCUT2D eigenvalue weighted by atomic mass is 15.2. The van der Waals surface area contributed by atoms with Crippen molar-refractivity contribution in [1.29, 1.82) is 0 Å². The Labute approximate surface area is 109 Å². The molecule has 5 heteroatoms. The Bertz CT molecular complexity index is 405. The quantitative estimate of drug-likeness (QED) is 0.760. The topological polar surface area (TPSA) is 67.1 Å². The summed E-state index contributed by atoms with van der Waals surface area (Å²) in [6, 6.07) is 0. The summed E-state index contributed by atoms with van der Waals surface area (Å²) in [5.41, 5.74) is 9.11. The van der Waals surface area contributed by atoms with Crippen molar-refractivity contribution >= 4 is 5.95 Å². The summed E-state index contributed by atoms with van der Waals surface area (Å²) >= 11 is 0. The largest absolute Gasteiger partial charge is 0.354 e. The van der Waals surface area contributed by atoms with Crippen molar-refractivity contribution in [2.75, 3.05) is 31.5 Å². The van der Waals surface area contributed by atoms with Gasteiger partial charge in [-0.05, 0) is 26.4 Å². The fourth-order valence-corrected chi connectivity index (χ4v) is 2.29. The standard InChI is InChI=1S/C13H23N5/c1-3-18-8-5-12-11(9-18)10(2)16-13(17-12)15-7-4-6-14/h3-9,14H2,1-2H3,(H,15,16,17). The molecule has 0 unspecified atom stereocenters. The van der Waals surface area contributed by atoms with Crippen LogP contribution in [0.3, 0.4) is 0 Å². The van der Waals surface area contributed by atoms with Crippen LogP contribution in [0.15, 0.2) is 0 Å². The molecule has 0 amide bonds. The molecule has 0 aliphatic carbocycles. The Morgan fingerprint density at radius 1 is 1.39 bits per heavy atom. The Morgan fingerprint density at radius 2 is 2.22 bits per heavy atom. The zero-order chi connectivity index (χ0) is 13.0. The molecule has 0 saturated heterocycles. The smallest absolute Gasteiger partial charge is 0.223 e. The summed E-state index contributed by atoms with van der Waals surface area (Å²) in [4.78, 5) is 11.6. The molecule has 2 heterocycles. The average molecular weight is 249 g/mol. The van der Waals surface area contributed by atoms with Gasteiger partial charge in [0.05, 0.1) is 5.69 Å². The first kappa shape index (κ1) is 13.2. The van der Waals surface area contributed by atoms with Crippen LogP contribution in [0.2, 0.25) is 0 Å². The van der Waals surface area contributed by atoms with E-state index in [2.05, 4.69) is 34.0 Å². The van der Waals surface area contributed by atoms with E-state index in [4.69, 9.17) is 5.73 Å². The fourth-order valence-electron chi connectivity index (χ4n) is 2.29. The van der Waals surface area contributed by atoms with Gasteiger partial charge in [0.2, 0.25) is 5.95 Å². The minimum absolute atomic E-state index is 0.697. The van der Waals surface area contributed by atoms with Crippen LogP contribution in [0, 0.1) is 6.92 Å². The summed E-state index contributed by atoms with van der Waals surface area (Å²) in [6.45, 7) is 8.99. The first-order valence-corrected chi connectivity index (χ1v) is 6.77. The van der Waals surface area contributed by atoms with E-state index < -0.39 is 0 Å². The summed E-state index contributed by atoms with van der Waals surface area (Å²) in [5, 5.41) is 3.25. The second-order valence-electron chi connectivity index (χ2n) is 4.75. The van der Waals surface area contributed by atoms with E-state index >= 15 is 0 Å². The third-order valence-electron chi connectivity index (χ3n) is 3.46. The number of nitrogens with zero attached hydrogens (tertiary/aromatic N) is 3. The average Bonchev–Trinajstić information content (AvgIpc) is 2.39. The lowest BCUT2D eigenvalue weighted by molar-refractivity contribution is 0.264. The van der Waals surface area contributed by atoms with Crippen LogP contribution in [0.4, 0.5) is 5.95 Å². The summed E-state index contributed by atoms with van der Waals surface area (Å²) < 4.78 is 0. The van der Waals surface area contributed by atoms with Crippen LogP contribution in [0.1, 0.15) is 30.3 Å². The van der Waals surface area contributed by atoms with E-state index in [1.165, 1.54) is 11.3 Å². The molecule has 1 aliphatic heterocycles. The van der Waals surface area contributed by atoms with Crippen LogP contribution in [-0.2, 0) is 13.0 Å². The first-order chi connectivity index (χ1) is 8.74. The highest BCUT2D eigenvalue weighted by Crippen LogP contribution is 2.20. The van der Waals surface area contributed by atoms with Crippen LogP contribution < -0.4 is 11.1 Å². The molecule has 0 atom stereocenters. The van der Waals surface area contributed by atoms with Crippen LogP contribution in [0.25, 0.3) is 0 Å². The number of aromatic nitrogens is 2. The molecule has 5 nitrogen and oxygen atoms in total. The van der Waals surface area contributed by atoms with E-state index in [1.807, 2.05) is 0 Å². The van der Waals surface area contributed by atoms with Crippen molar-refractivity contribution in [1.82, 2.24) is 14.9 Å². The molecule has 0 saturated carbocycles. The summed E-state index contributed by atoms with van der Waals surface area (Å²) in [7, 11) is 0. The molecule has 0 bridgehead atoms. The predicted molar refractivity (Wildman–Crippen MR) is 73.6 cm³/mol. The van der Waals surface area contributed by atoms with Crippen LogP contribution in [0.5, 0.6) is 0 Å². The van der Waals surface area contributed by atoms with E-state index in [0.29, 0.717) is 6.54 Å². The Kier molecular flexibility index (Phi) is 4.49. The second kappa shape index (κ2) is 6.11. The lowest BCUT2D eigenvalue weighted by Gasteiger charge is -2.28. The molecule has 0 aromatic carbocycles. The monoisotopic (exact) mass is 249 g/mol. The normalized spacial score (nSPS) is 15.5. The fraction of sp³-hybridized carbons (Fsp3) is 0.692. The summed E-state index contributed by atoms with van der Waals surface area (Å²) in [5.74, 6) is 0.754. The lowest BCUT2D eigenvalue weighted by atomic mass is 10.0. The van der Waals surface area contributed by atoms with Crippen molar-refractivity contribution in [2.45, 2.75) is 33.2 Å². The number of nitrogens with two attached hydrogens (primary N) is 1. The second-order valence-corrected chi connectivity index (χ2v) is 4.75. The van der Waals surface area contributed by atoms with Gasteiger partial charge >= 0.3 is 0 Å². The van der Waals surface area contributed by atoms with Gasteiger partial charge in [-0.25, -0.2) is 9.97 Å². The van der Waals surface area contributed by atoms with E-state index in [0.717, 1.165) is 50.7 Å². The van der Waals surface area contributed by atoms with Gasteiger partial charge in [0.15, 0.2) is 0 Å². The number of anilines is 1. The maximum atomic E-state index is 5.48. The van der Waals surface area contributed by atoms with Crippen molar-refractivity contribution in [2.24, 2.45) is 5.73 Å². The number of rotatable bonds is 5. The minimum atomic E-state index is 0.697. The Balaban J connectivity index is 2.11. The van der Waals surface area contributed by atoms with Crippen LogP contribution >= 0.6 is 0 Å². The predicted octanol–water partition coefficient (Wildman–Crippen LogP) is 0.924. The van der Waals surface area contributed by atoms with Crippen molar-refractivity contribution in [3.63, 3.8) is 0 Å². The summed E-state index contributed by atoms with van der Waals surface area (Å²) in [6.07, 6.45) is 1.97. The highest BCUT2D eigenvalue weighted by molar-refractivity contribution is 5.35. The number of nitrogens with one attached hydrogen (secondary N) is 1. The zero-order valence-electron chi connectivity index (χ0n) is 11.4. The van der Waals surface area contributed by atoms with Gasteiger partial charge in [0.25, 0.3) is 0 Å². The number of hydrogen-bond donors (Lipinski definition) is 2. The number of hydrogen-bond acceptors (Lipinski definition) is 5. The molecule has 0 fully saturated rings. The molecular weight excluding hydrogens is 226 g/mol. The molecule has 100 valence electrons. The van der Waals surface area contributed by atoms with Crippen molar-refractivity contribution < 1.29 is 0 Å². The van der Waals surface area contributed by atoms with Crippen molar-refractivity contribution in [3.8, 4) is 0 Å². The molecule has 18 heavy (non-hydrogen) atoms. The number of aryl methyl sites for hydroxylation is 1. The molecule has 0 spiro atoms. The molecule has 1 aliphatic rings.